The number of carbonyl (C=O) groups excluding carboxylic acids is 1. The fourth-order valence-corrected chi connectivity index (χ4v) is 4.49. The van der Waals surface area contributed by atoms with Gasteiger partial charge in [0.25, 0.3) is 5.91 Å². The molecule has 0 radical (unpaired) electrons. The highest BCUT2D eigenvalue weighted by Crippen LogP contribution is 2.39. The lowest BCUT2D eigenvalue weighted by Gasteiger charge is -2.29. The van der Waals surface area contributed by atoms with Crippen molar-refractivity contribution >= 4 is 34.5 Å². The number of hydrogen-bond acceptors (Lipinski definition) is 4. The SMILES string of the molecule is COc1ccc(N(C(=O)c2cnc(-c3ccccc3Cl)s2)C(C)C2CC2)cc1. The molecule has 0 bridgehead atoms. The maximum absolute atomic E-state index is 13.4. The van der Waals surface area contributed by atoms with Gasteiger partial charge in [-0.05, 0) is 56.0 Å². The molecular weight excluding hydrogens is 392 g/mol. The third-order valence-electron chi connectivity index (χ3n) is 5.10. The number of ether oxygens (including phenoxy) is 1. The molecule has 4 nitrogen and oxygen atoms in total. The van der Waals surface area contributed by atoms with Gasteiger partial charge in [0.2, 0.25) is 0 Å². The number of anilines is 1. The number of benzene rings is 2. The molecule has 0 N–H and O–H groups in total. The maximum Gasteiger partial charge on any atom is 0.270 e. The van der Waals surface area contributed by atoms with Gasteiger partial charge in [0.15, 0.2) is 0 Å². The molecule has 2 aromatic carbocycles. The van der Waals surface area contributed by atoms with E-state index in [1.807, 2.05) is 53.4 Å². The summed E-state index contributed by atoms with van der Waals surface area (Å²) in [5.74, 6) is 1.29. The van der Waals surface area contributed by atoms with E-state index in [4.69, 9.17) is 16.3 Å². The Morgan fingerprint density at radius 3 is 2.57 bits per heavy atom. The van der Waals surface area contributed by atoms with Crippen LogP contribution in [0.1, 0.15) is 29.4 Å². The first-order valence-corrected chi connectivity index (χ1v) is 10.5. The standard InChI is InChI=1S/C22H21ClN2O2S/c1-14(15-7-8-15)25(16-9-11-17(27-2)12-10-16)22(26)20-13-24-21(28-20)18-5-3-4-6-19(18)23/h3-6,9-15H,7-8H2,1-2H3. The number of rotatable bonds is 6. The Hall–Kier alpha value is -2.37. The Morgan fingerprint density at radius 2 is 1.93 bits per heavy atom. The van der Waals surface area contributed by atoms with Gasteiger partial charge in [-0.1, -0.05) is 29.8 Å². The molecule has 1 amide bonds. The van der Waals surface area contributed by atoms with Crippen molar-refractivity contribution < 1.29 is 9.53 Å². The Balaban J connectivity index is 1.66. The van der Waals surface area contributed by atoms with Crippen molar-refractivity contribution in [3.63, 3.8) is 0 Å². The molecule has 1 aromatic heterocycles. The molecule has 0 aliphatic heterocycles. The van der Waals surface area contributed by atoms with Crippen LogP contribution in [0.3, 0.4) is 0 Å². The van der Waals surface area contributed by atoms with Gasteiger partial charge in [-0.3, -0.25) is 4.79 Å². The Morgan fingerprint density at radius 1 is 1.21 bits per heavy atom. The van der Waals surface area contributed by atoms with E-state index in [0.29, 0.717) is 15.8 Å². The molecule has 1 unspecified atom stereocenters. The molecule has 1 saturated carbocycles. The molecule has 1 heterocycles. The quantitative estimate of drug-likeness (QED) is 0.504. The molecule has 1 atom stereocenters. The van der Waals surface area contributed by atoms with E-state index in [1.54, 1.807) is 13.3 Å². The zero-order valence-electron chi connectivity index (χ0n) is 15.8. The van der Waals surface area contributed by atoms with E-state index in [1.165, 1.54) is 11.3 Å². The van der Waals surface area contributed by atoms with Gasteiger partial charge in [0.1, 0.15) is 15.6 Å². The molecule has 1 aliphatic rings. The summed E-state index contributed by atoms with van der Waals surface area (Å²) < 4.78 is 5.25. The van der Waals surface area contributed by atoms with Gasteiger partial charge >= 0.3 is 0 Å². The molecule has 0 spiro atoms. The second kappa shape index (κ2) is 7.94. The third-order valence-corrected chi connectivity index (χ3v) is 6.45. The van der Waals surface area contributed by atoms with Crippen molar-refractivity contribution in [3.8, 4) is 16.3 Å². The largest absolute Gasteiger partial charge is 0.497 e. The number of hydrogen-bond donors (Lipinski definition) is 0. The summed E-state index contributed by atoms with van der Waals surface area (Å²) >= 11 is 7.67. The zero-order valence-corrected chi connectivity index (χ0v) is 17.3. The van der Waals surface area contributed by atoms with Crippen LogP contribution in [0.2, 0.25) is 5.02 Å². The predicted molar refractivity (Wildman–Crippen MR) is 115 cm³/mol. The molecule has 1 fully saturated rings. The van der Waals surface area contributed by atoms with E-state index in [9.17, 15) is 4.79 Å². The predicted octanol–water partition coefficient (Wildman–Crippen LogP) is 5.92. The Labute approximate surface area is 173 Å². The lowest BCUT2D eigenvalue weighted by molar-refractivity contribution is 0.0979. The van der Waals surface area contributed by atoms with Gasteiger partial charge in [0.05, 0.1) is 18.3 Å². The molecule has 1 aliphatic carbocycles. The van der Waals surface area contributed by atoms with E-state index >= 15 is 0 Å². The summed E-state index contributed by atoms with van der Waals surface area (Å²) in [4.78, 5) is 20.4. The van der Waals surface area contributed by atoms with Crippen molar-refractivity contribution in [2.75, 3.05) is 12.0 Å². The highest BCUT2D eigenvalue weighted by Gasteiger charge is 2.36. The van der Waals surface area contributed by atoms with E-state index in [0.717, 1.165) is 34.8 Å². The highest BCUT2D eigenvalue weighted by molar-refractivity contribution is 7.17. The summed E-state index contributed by atoms with van der Waals surface area (Å²) in [7, 11) is 1.64. The summed E-state index contributed by atoms with van der Waals surface area (Å²) in [6.45, 7) is 2.12. The molecule has 4 rings (SSSR count). The Kier molecular flexibility index (Phi) is 5.38. The molecule has 0 saturated heterocycles. The summed E-state index contributed by atoms with van der Waals surface area (Å²) in [6.07, 6.45) is 3.98. The van der Waals surface area contributed by atoms with Crippen LogP contribution in [0.15, 0.2) is 54.7 Å². The fraction of sp³-hybridized carbons (Fsp3) is 0.273. The molecule has 6 heteroatoms. The highest BCUT2D eigenvalue weighted by atomic mass is 35.5. The average molecular weight is 413 g/mol. The second-order valence-electron chi connectivity index (χ2n) is 6.96. The minimum absolute atomic E-state index is 0.0274. The zero-order chi connectivity index (χ0) is 19.7. The van der Waals surface area contributed by atoms with E-state index in [2.05, 4.69) is 11.9 Å². The topological polar surface area (TPSA) is 42.4 Å². The third kappa shape index (κ3) is 3.77. The number of amides is 1. The fourth-order valence-electron chi connectivity index (χ4n) is 3.32. The van der Waals surface area contributed by atoms with Crippen LogP contribution in [0.5, 0.6) is 5.75 Å². The van der Waals surface area contributed by atoms with Crippen molar-refractivity contribution in [2.45, 2.75) is 25.8 Å². The first-order chi connectivity index (χ1) is 13.6. The monoisotopic (exact) mass is 412 g/mol. The second-order valence-corrected chi connectivity index (χ2v) is 8.40. The van der Waals surface area contributed by atoms with Gasteiger partial charge in [0, 0.05) is 17.3 Å². The summed E-state index contributed by atoms with van der Waals surface area (Å²) in [5, 5.41) is 1.39. The minimum Gasteiger partial charge on any atom is -0.497 e. The van der Waals surface area contributed by atoms with Crippen molar-refractivity contribution in [2.24, 2.45) is 5.92 Å². The van der Waals surface area contributed by atoms with Gasteiger partial charge < -0.3 is 9.64 Å². The minimum atomic E-state index is -0.0274. The number of aromatic nitrogens is 1. The molecular formula is C22H21ClN2O2S. The normalized spacial score (nSPS) is 14.5. The average Bonchev–Trinajstić information content (AvgIpc) is 3.46. The van der Waals surface area contributed by atoms with Crippen molar-refractivity contribution in [1.29, 1.82) is 0 Å². The molecule has 3 aromatic rings. The van der Waals surface area contributed by atoms with Crippen LogP contribution in [0.4, 0.5) is 5.69 Å². The van der Waals surface area contributed by atoms with Crippen molar-refractivity contribution in [3.05, 3.63) is 64.6 Å². The number of thiazole rings is 1. The van der Waals surface area contributed by atoms with Crippen LogP contribution in [-0.2, 0) is 0 Å². The number of carbonyl (C=O) groups is 1. The first kappa shape index (κ1) is 19.0. The molecule has 144 valence electrons. The smallest absolute Gasteiger partial charge is 0.270 e. The van der Waals surface area contributed by atoms with Gasteiger partial charge in [-0.25, -0.2) is 4.98 Å². The van der Waals surface area contributed by atoms with Crippen LogP contribution in [-0.4, -0.2) is 24.0 Å². The van der Waals surface area contributed by atoms with Crippen LogP contribution in [0, 0.1) is 5.92 Å². The number of nitrogens with zero attached hydrogens (tertiary/aromatic N) is 2. The van der Waals surface area contributed by atoms with Gasteiger partial charge in [-0.15, -0.1) is 11.3 Å². The lowest BCUT2D eigenvalue weighted by Crippen LogP contribution is -2.39. The number of halogens is 1. The van der Waals surface area contributed by atoms with Gasteiger partial charge in [-0.2, -0.15) is 0 Å². The molecule has 28 heavy (non-hydrogen) atoms. The number of methoxy groups -OCH3 is 1. The lowest BCUT2D eigenvalue weighted by atomic mass is 10.1. The first-order valence-electron chi connectivity index (χ1n) is 9.27. The van der Waals surface area contributed by atoms with E-state index < -0.39 is 0 Å². The van der Waals surface area contributed by atoms with Crippen LogP contribution < -0.4 is 9.64 Å². The van der Waals surface area contributed by atoms with E-state index in [-0.39, 0.29) is 11.9 Å². The van der Waals surface area contributed by atoms with Crippen molar-refractivity contribution in [1.82, 2.24) is 4.98 Å². The maximum atomic E-state index is 13.4. The summed E-state index contributed by atoms with van der Waals surface area (Å²) in [5.41, 5.74) is 1.72. The summed E-state index contributed by atoms with van der Waals surface area (Å²) in [6, 6.07) is 15.3. The van der Waals surface area contributed by atoms with Crippen LogP contribution >= 0.6 is 22.9 Å². The Bertz CT molecular complexity index is 982. The van der Waals surface area contributed by atoms with Crippen LogP contribution in [0.25, 0.3) is 10.6 Å².